The van der Waals surface area contributed by atoms with E-state index in [9.17, 15) is 0 Å². The highest BCUT2D eigenvalue weighted by molar-refractivity contribution is 5.99. The molecule has 0 aromatic heterocycles. The molecule has 0 saturated heterocycles. The van der Waals surface area contributed by atoms with Gasteiger partial charge in [-0.2, -0.15) is 0 Å². The molecule has 1 aliphatic rings. The van der Waals surface area contributed by atoms with Gasteiger partial charge in [-0.1, -0.05) is 70.4 Å². The minimum Gasteiger partial charge on any atom is -0.493 e. The van der Waals surface area contributed by atoms with Crippen LogP contribution in [0.2, 0.25) is 0 Å². The van der Waals surface area contributed by atoms with E-state index in [1.165, 1.54) is 80.2 Å². The first kappa shape index (κ1) is 25.1. The van der Waals surface area contributed by atoms with Gasteiger partial charge in [-0.05, 0) is 36.2 Å². The van der Waals surface area contributed by atoms with Crippen LogP contribution in [-0.4, -0.2) is 31.1 Å². The Bertz CT molecular complexity index is 903. The van der Waals surface area contributed by atoms with Crippen LogP contribution in [0.15, 0.2) is 36.4 Å². The number of hydrogen-bond acceptors (Lipinski definition) is 3. The van der Waals surface area contributed by atoms with Crippen molar-refractivity contribution in [3.8, 4) is 11.5 Å². The summed E-state index contributed by atoms with van der Waals surface area (Å²) in [6.07, 6.45) is 14.3. The number of fused-ring (bicyclic) bond motifs is 1. The van der Waals surface area contributed by atoms with Crippen molar-refractivity contribution in [1.82, 2.24) is 0 Å². The molecule has 0 fully saturated rings. The van der Waals surface area contributed by atoms with Crippen LogP contribution >= 0.6 is 0 Å². The predicted octanol–water partition coefficient (Wildman–Crippen LogP) is 6.76. The van der Waals surface area contributed by atoms with Gasteiger partial charge in [0.2, 0.25) is 0 Å². The van der Waals surface area contributed by atoms with Crippen LogP contribution in [0.3, 0.4) is 0 Å². The first-order valence-electron chi connectivity index (χ1n) is 12.9. The summed E-state index contributed by atoms with van der Waals surface area (Å²) in [5.74, 6) is 1.64. The first-order chi connectivity index (χ1) is 16.2. The molecule has 1 aliphatic heterocycles. The van der Waals surface area contributed by atoms with Crippen LogP contribution in [0.1, 0.15) is 87.8 Å². The molecule has 0 radical (unpaired) electrons. The fraction of sp³-hybridized carbons (Fsp3) is 0.552. The molecule has 0 saturated carbocycles. The molecule has 4 nitrogen and oxygen atoms in total. The van der Waals surface area contributed by atoms with Crippen molar-refractivity contribution in [3.05, 3.63) is 53.1 Å². The average Bonchev–Trinajstić information content (AvgIpc) is 2.84. The number of nitrogens with two attached hydrogens (primary N) is 1. The lowest BCUT2D eigenvalue weighted by Crippen LogP contribution is -2.30. The van der Waals surface area contributed by atoms with Gasteiger partial charge in [-0.15, -0.1) is 0 Å². The van der Waals surface area contributed by atoms with Crippen molar-refractivity contribution < 1.29 is 14.0 Å². The molecule has 33 heavy (non-hydrogen) atoms. The first-order valence-corrected chi connectivity index (χ1v) is 12.9. The van der Waals surface area contributed by atoms with Gasteiger partial charge in [0.05, 0.1) is 14.2 Å². The molecule has 3 rings (SSSR count). The molecule has 0 aliphatic carbocycles. The lowest BCUT2D eigenvalue weighted by atomic mass is 9.92. The number of hydrogen-bond donors (Lipinski definition) is 1. The highest BCUT2D eigenvalue weighted by Crippen LogP contribution is 2.33. The molecule has 2 N–H and O–H groups in total. The monoisotopic (exact) mass is 451 g/mol. The van der Waals surface area contributed by atoms with E-state index in [4.69, 9.17) is 15.2 Å². The van der Waals surface area contributed by atoms with Gasteiger partial charge in [0.1, 0.15) is 6.54 Å². The van der Waals surface area contributed by atoms with E-state index >= 15 is 0 Å². The summed E-state index contributed by atoms with van der Waals surface area (Å²) in [6.45, 7) is 4.23. The molecule has 0 unspecified atom stereocenters. The number of nitrogen functional groups attached to an aromatic ring is 1. The zero-order chi connectivity index (χ0) is 23.5. The molecule has 0 spiro atoms. The van der Waals surface area contributed by atoms with Gasteiger partial charge in [-0.25, -0.2) is 4.58 Å². The molecule has 4 heteroatoms. The van der Waals surface area contributed by atoms with Crippen molar-refractivity contribution in [3.63, 3.8) is 0 Å². The maximum absolute atomic E-state index is 5.90. The minimum absolute atomic E-state index is 0.815. The maximum Gasteiger partial charge on any atom is 0.184 e. The Morgan fingerprint density at radius 2 is 1.42 bits per heavy atom. The highest BCUT2D eigenvalue weighted by Gasteiger charge is 2.27. The SMILES string of the molecule is CCCCCCCCCCCC1=[N+](Cc2ccc(N)cc2)CCc2cc(OC)c(OC)cc21. The van der Waals surface area contributed by atoms with Gasteiger partial charge in [0.25, 0.3) is 0 Å². The van der Waals surface area contributed by atoms with Crippen LogP contribution < -0.4 is 15.2 Å². The third kappa shape index (κ3) is 7.25. The average molecular weight is 452 g/mol. The summed E-state index contributed by atoms with van der Waals surface area (Å²) in [5, 5.41) is 0. The van der Waals surface area contributed by atoms with Crippen LogP contribution in [0.25, 0.3) is 0 Å². The normalized spacial score (nSPS) is 13.2. The molecule has 2 aromatic carbocycles. The van der Waals surface area contributed by atoms with Crippen molar-refractivity contribution >= 4 is 11.4 Å². The molecular weight excluding hydrogens is 408 g/mol. The molecule has 0 atom stereocenters. The standard InChI is InChI=1S/C29H43N2O2/c1-4-5-6-7-8-9-10-11-12-13-27-26-21-29(33-3)28(32-2)20-24(26)18-19-31(27)22-23-14-16-25(30)17-15-23/h14-17,20-21H,4-13,18-19,22,30H2,1-3H3/q+1. The molecule has 0 bridgehead atoms. The van der Waals surface area contributed by atoms with Crippen molar-refractivity contribution in [2.75, 3.05) is 26.5 Å². The van der Waals surface area contributed by atoms with E-state index in [2.05, 4.69) is 35.8 Å². The molecule has 1 heterocycles. The Balaban J connectivity index is 1.72. The Kier molecular flexibility index (Phi) is 10.1. The van der Waals surface area contributed by atoms with Crippen molar-refractivity contribution in [2.24, 2.45) is 0 Å². The fourth-order valence-corrected chi connectivity index (χ4v) is 4.87. The lowest BCUT2D eigenvalue weighted by molar-refractivity contribution is -0.545. The van der Waals surface area contributed by atoms with Crippen molar-refractivity contribution in [2.45, 2.75) is 84.1 Å². The Morgan fingerprint density at radius 1 is 0.818 bits per heavy atom. The third-order valence-electron chi connectivity index (χ3n) is 6.82. The smallest absolute Gasteiger partial charge is 0.184 e. The van der Waals surface area contributed by atoms with E-state index in [-0.39, 0.29) is 0 Å². The van der Waals surface area contributed by atoms with Gasteiger partial charge in [-0.3, -0.25) is 0 Å². The zero-order valence-corrected chi connectivity index (χ0v) is 21.0. The number of benzene rings is 2. The van der Waals surface area contributed by atoms with E-state index in [0.717, 1.165) is 43.1 Å². The lowest BCUT2D eigenvalue weighted by Gasteiger charge is -2.21. The fourth-order valence-electron chi connectivity index (χ4n) is 4.87. The summed E-state index contributed by atoms with van der Waals surface area (Å²) in [5.41, 5.74) is 12.2. The molecular formula is C29H43N2O2+. The topological polar surface area (TPSA) is 47.5 Å². The summed E-state index contributed by atoms with van der Waals surface area (Å²) in [6, 6.07) is 12.7. The summed E-state index contributed by atoms with van der Waals surface area (Å²) >= 11 is 0. The summed E-state index contributed by atoms with van der Waals surface area (Å²) < 4.78 is 13.8. The largest absolute Gasteiger partial charge is 0.493 e. The van der Waals surface area contributed by atoms with Gasteiger partial charge >= 0.3 is 0 Å². The molecule has 2 aromatic rings. The molecule has 0 amide bonds. The second kappa shape index (κ2) is 13.3. The predicted molar refractivity (Wildman–Crippen MR) is 139 cm³/mol. The van der Waals surface area contributed by atoms with E-state index in [1.807, 2.05) is 12.1 Å². The number of anilines is 1. The van der Waals surface area contributed by atoms with Gasteiger partial charge < -0.3 is 15.2 Å². The number of nitrogens with zero attached hydrogens (tertiary/aromatic N) is 1. The van der Waals surface area contributed by atoms with E-state index in [0.29, 0.717) is 0 Å². The Labute approximate surface area is 200 Å². The van der Waals surface area contributed by atoms with E-state index in [1.54, 1.807) is 14.2 Å². The van der Waals surface area contributed by atoms with Crippen molar-refractivity contribution in [1.29, 1.82) is 0 Å². The van der Waals surface area contributed by atoms with Crippen LogP contribution in [0.4, 0.5) is 5.69 Å². The number of ether oxygens (including phenoxy) is 2. The number of methoxy groups -OCH3 is 2. The summed E-state index contributed by atoms with van der Waals surface area (Å²) in [7, 11) is 3.44. The summed E-state index contributed by atoms with van der Waals surface area (Å²) in [4.78, 5) is 0. The van der Waals surface area contributed by atoms with Gasteiger partial charge in [0, 0.05) is 29.7 Å². The maximum atomic E-state index is 5.90. The minimum atomic E-state index is 0.815. The van der Waals surface area contributed by atoms with Crippen LogP contribution in [0.5, 0.6) is 11.5 Å². The molecule has 180 valence electrons. The highest BCUT2D eigenvalue weighted by atomic mass is 16.5. The number of rotatable bonds is 14. The van der Waals surface area contributed by atoms with Crippen LogP contribution in [-0.2, 0) is 13.0 Å². The number of unbranched alkanes of at least 4 members (excludes halogenated alkanes) is 8. The second-order valence-electron chi connectivity index (χ2n) is 9.30. The Morgan fingerprint density at radius 3 is 2.06 bits per heavy atom. The zero-order valence-electron chi connectivity index (χ0n) is 21.0. The second-order valence-corrected chi connectivity index (χ2v) is 9.30. The quantitative estimate of drug-likeness (QED) is 0.196. The van der Waals surface area contributed by atoms with Gasteiger partial charge in [0.15, 0.2) is 23.8 Å². The third-order valence-corrected chi connectivity index (χ3v) is 6.82. The Hall–Kier alpha value is -2.49. The van der Waals surface area contributed by atoms with Crippen LogP contribution in [0, 0.1) is 0 Å². The van der Waals surface area contributed by atoms with E-state index < -0.39 is 0 Å².